The Morgan fingerprint density at radius 3 is 2.44 bits per heavy atom. The largest absolute Gasteiger partial charge is 1.00 e. The summed E-state index contributed by atoms with van der Waals surface area (Å²) in [7, 11) is -4.05. The van der Waals surface area contributed by atoms with E-state index < -0.39 is 21.8 Å². The molecule has 1 amide bonds. The van der Waals surface area contributed by atoms with E-state index in [1.54, 1.807) is 19.9 Å². The zero-order valence-electron chi connectivity index (χ0n) is 10.8. The third kappa shape index (κ3) is 5.66. The number of nitrogens with zero attached hydrogens (tertiary/aromatic N) is 1. The van der Waals surface area contributed by atoms with Gasteiger partial charge in [0.1, 0.15) is 10.0 Å². The summed E-state index contributed by atoms with van der Waals surface area (Å²) in [6.07, 6.45) is 0. The summed E-state index contributed by atoms with van der Waals surface area (Å²) < 4.78 is 26.5. The molecule has 88 valence electrons. The molecule has 1 aromatic carbocycles. The van der Waals surface area contributed by atoms with Crippen molar-refractivity contribution in [1.29, 1.82) is 0 Å². The Labute approximate surface area is 146 Å². The van der Waals surface area contributed by atoms with Gasteiger partial charge in [0.05, 0.1) is 5.91 Å². The van der Waals surface area contributed by atoms with E-state index in [0.717, 1.165) is 0 Å². The monoisotopic (exact) mass is 289 g/mol. The van der Waals surface area contributed by atoms with Crippen molar-refractivity contribution in [3.8, 4) is 0 Å². The van der Waals surface area contributed by atoms with Gasteiger partial charge in [-0.2, -0.15) is 35.9 Å². The predicted molar refractivity (Wildman–Crippen MR) is 60.7 cm³/mol. The van der Waals surface area contributed by atoms with Crippen molar-refractivity contribution < 1.29 is 61.6 Å². The number of amides is 1. The van der Waals surface area contributed by atoms with Crippen LogP contribution in [0.4, 0.5) is 0 Å². The number of carbonyl (C=O) groups is 1. The summed E-state index contributed by atoms with van der Waals surface area (Å²) in [5.74, 6) is -1.18. The van der Waals surface area contributed by atoms with Gasteiger partial charge in [-0.25, -0.2) is 8.42 Å². The maximum Gasteiger partial charge on any atom is 1.00 e. The van der Waals surface area contributed by atoms with Crippen molar-refractivity contribution in [3.05, 3.63) is 34.0 Å². The molecule has 0 bridgehead atoms. The number of hydrogen-bond donors (Lipinski definition) is 0. The SMILES string of the molecule is CC(C)C(=O)[N-]S(=O)(=O)c1[c-]cccc1Cl.[Li+].[Na+]. The molecule has 4 nitrogen and oxygen atoms in total. The molecule has 0 fully saturated rings. The molecule has 0 saturated carbocycles. The summed E-state index contributed by atoms with van der Waals surface area (Å²) in [6.45, 7) is 3.13. The summed E-state index contributed by atoms with van der Waals surface area (Å²) in [5.41, 5.74) is 0. The second-order valence-corrected chi connectivity index (χ2v) is 5.35. The number of rotatable bonds is 3. The third-order valence-electron chi connectivity index (χ3n) is 1.73. The zero-order chi connectivity index (χ0) is 12.3. The van der Waals surface area contributed by atoms with Crippen molar-refractivity contribution in [1.82, 2.24) is 0 Å². The maximum atomic E-state index is 11.7. The first-order valence-electron chi connectivity index (χ1n) is 4.52. The molecule has 1 rings (SSSR count). The fourth-order valence-corrected chi connectivity index (χ4v) is 2.36. The first kappa shape index (κ1) is 20.8. The number of hydrogen-bond acceptors (Lipinski definition) is 3. The van der Waals surface area contributed by atoms with Gasteiger partial charge in [0, 0.05) is 0 Å². The molecule has 0 aliphatic carbocycles. The summed E-state index contributed by atoms with van der Waals surface area (Å²) in [4.78, 5) is 11.0. The fourth-order valence-electron chi connectivity index (χ4n) is 0.868. The molecule has 1 aromatic rings. The number of benzene rings is 1. The molecule has 0 atom stereocenters. The molecule has 0 aliphatic rings. The topological polar surface area (TPSA) is 65.3 Å². The van der Waals surface area contributed by atoms with Crippen molar-refractivity contribution in [2.45, 2.75) is 18.7 Å². The van der Waals surface area contributed by atoms with Crippen LogP contribution >= 0.6 is 11.6 Å². The van der Waals surface area contributed by atoms with Crippen molar-refractivity contribution >= 4 is 27.5 Å². The van der Waals surface area contributed by atoms with Crippen molar-refractivity contribution in [3.63, 3.8) is 0 Å². The Kier molecular flexibility index (Phi) is 10.0. The minimum atomic E-state index is -4.05. The van der Waals surface area contributed by atoms with Crippen LogP contribution in [-0.4, -0.2) is 14.3 Å². The zero-order valence-corrected chi connectivity index (χ0v) is 14.3. The molecular formula is C10H10ClLiNNaO3S. The molecular weight excluding hydrogens is 280 g/mol. The Hall–Kier alpha value is 0.527. The predicted octanol–water partition coefficient (Wildman–Crippen LogP) is -3.61. The third-order valence-corrected chi connectivity index (χ3v) is 3.43. The van der Waals surface area contributed by atoms with E-state index >= 15 is 0 Å². The van der Waals surface area contributed by atoms with Crippen molar-refractivity contribution in [2.24, 2.45) is 5.92 Å². The van der Waals surface area contributed by atoms with Crippen LogP contribution in [-0.2, 0) is 14.8 Å². The molecule has 18 heavy (non-hydrogen) atoms. The number of sulfonamides is 1. The van der Waals surface area contributed by atoms with E-state index in [0.29, 0.717) is 0 Å². The first-order chi connectivity index (χ1) is 7.34. The van der Waals surface area contributed by atoms with Crippen LogP contribution in [0.25, 0.3) is 4.72 Å². The van der Waals surface area contributed by atoms with Crippen LogP contribution in [0.1, 0.15) is 13.8 Å². The molecule has 0 aliphatic heterocycles. The molecule has 0 heterocycles. The Bertz CT molecular complexity index is 508. The quantitative estimate of drug-likeness (QED) is 0.426. The van der Waals surface area contributed by atoms with Gasteiger partial charge in [-0.1, -0.05) is 18.9 Å². The Morgan fingerprint density at radius 2 is 2.00 bits per heavy atom. The van der Waals surface area contributed by atoms with E-state index in [1.807, 2.05) is 0 Å². The van der Waals surface area contributed by atoms with Crippen LogP contribution in [0, 0.1) is 12.0 Å². The average Bonchev–Trinajstić information content (AvgIpc) is 2.17. The molecule has 0 radical (unpaired) electrons. The van der Waals surface area contributed by atoms with E-state index in [9.17, 15) is 13.2 Å². The molecule has 0 N–H and O–H groups in total. The van der Waals surface area contributed by atoms with E-state index in [-0.39, 0.29) is 58.3 Å². The van der Waals surface area contributed by atoms with E-state index in [4.69, 9.17) is 11.6 Å². The van der Waals surface area contributed by atoms with Crippen LogP contribution in [0.3, 0.4) is 0 Å². The Morgan fingerprint density at radius 1 is 1.44 bits per heavy atom. The van der Waals surface area contributed by atoms with Crippen LogP contribution in [0.5, 0.6) is 0 Å². The molecule has 0 spiro atoms. The van der Waals surface area contributed by atoms with Gasteiger partial charge < -0.3 is 9.52 Å². The fraction of sp³-hybridized carbons (Fsp3) is 0.300. The second kappa shape index (κ2) is 8.65. The minimum Gasteiger partial charge on any atom is -0.543 e. The molecule has 0 saturated heterocycles. The van der Waals surface area contributed by atoms with Gasteiger partial charge in [0.15, 0.2) is 0 Å². The van der Waals surface area contributed by atoms with Gasteiger partial charge in [0.2, 0.25) is 0 Å². The van der Waals surface area contributed by atoms with Gasteiger partial charge in [-0.05, 0) is 10.8 Å². The summed E-state index contributed by atoms with van der Waals surface area (Å²) in [5, 5.41) is 0.00260. The van der Waals surface area contributed by atoms with Gasteiger partial charge in [-0.15, -0.1) is 0 Å². The van der Waals surface area contributed by atoms with E-state index in [2.05, 4.69) is 10.8 Å². The van der Waals surface area contributed by atoms with Gasteiger partial charge in [-0.3, -0.25) is 0 Å². The standard InChI is InChI=1S/C10H11ClNO3S.Li.Na/c1-7(2)10(13)12-16(14,15)9-6-4-3-5-8(9)11;;/h3-5,7H,1-2H3,(H,12,13);;/q-1;2*+1/p-1. The van der Waals surface area contributed by atoms with Crippen molar-refractivity contribution in [2.75, 3.05) is 0 Å². The maximum absolute atomic E-state index is 11.7. The molecule has 0 aromatic heterocycles. The first-order valence-corrected chi connectivity index (χ1v) is 6.34. The number of halogens is 1. The molecule has 0 unspecified atom stereocenters. The van der Waals surface area contributed by atoms with E-state index in [1.165, 1.54) is 12.1 Å². The number of carbonyl (C=O) groups excluding carboxylic acids is 1. The summed E-state index contributed by atoms with van der Waals surface area (Å²) >= 11 is 5.69. The smallest absolute Gasteiger partial charge is 0.543 e. The Balaban J connectivity index is 0. The van der Waals surface area contributed by atoms with Gasteiger partial charge in [0.25, 0.3) is 0 Å². The van der Waals surface area contributed by atoms with Crippen LogP contribution in [0.15, 0.2) is 23.1 Å². The second-order valence-electron chi connectivity index (χ2n) is 3.41. The van der Waals surface area contributed by atoms with Crippen LogP contribution < -0.4 is 48.4 Å². The minimum absolute atomic E-state index is 0. The van der Waals surface area contributed by atoms with Crippen LogP contribution in [0.2, 0.25) is 5.02 Å². The average molecular weight is 290 g/mol. The molecule has 8 heteroatoms. The summed E-state index contributed by atoms with van der Waals surface area (Å²) in [6, 6.07) is 6.80. The normalized spacial score (nSPS) is 10.2. The van der Waals surface area contributed by atoms with Gasteiger partial charge >= 0.3 is 48.4 Å².